The van der Waals surface area contributed by atoms with Crippen LogP contribution in [0, 0.1) is 0 Å². The smallest absolute Gasteiger partial charge is 0.313 e. The molecule has 0 unspecified atom stereocenters. The highest BCUT2D eigenvalue weighted by atomic mass is 16.2. The molecule has 0 aromatic heterocycles. The van der Waals surface area contributed by atoms with Crippen LogP contribution < -0.4 is 5.32 Å². The Hall–Kier alpha value is -2.37. The number of nitrogens with one attached hydrogen (secondary N) is 1. The summed E-state index contributed by atoms with van der Waals surface area (Å²) in [6.45, 7) is 3.52. The van der Waals surface area contributed by atoms with Gasteiger partial charge in [-0.1, -0.05) is 69.4 Å². The van der Waals surface area contributed by atoms with Gasteiger partial charge in [-0.25, -0.2) is 0 Å². The minimum atomic E-state index is -0.760. The number of unbranched alkanes of at least 4 members (excludes halogenated alkanes) is 1. The Morgan fingerprint density at radius 2 is 1.72 bits per heavy atom. The van der Waals surface area contributed by atoms with E-state index in [1.807, 2.05) is 30.3 Å². The van der Waals surface area contributed by atoms with Gasteiger partial charge in [0.05, 0.1) is 0 Å². The molecule has 2 aliphatic rings. The number of hydrogen-bond acceptors (Lipinski definition) is 3. The minimum absolute atomic E-state index is 0.146. The topological polar surface area (TPSA) is 69.7 Å². The fraction of sp³-hybridized carbons (Fsp3) is 0.609. The van der Waals surface area contributed by atoms with Crippen LogP contribution in [0.4, 0.5) is 0 Å². The molecule has 3 amide bonds. The SMILES string of the molecule is CCCCN1CCN([C@@H](C(=O)NC2CCCCCC2)c2ccccc2)C(=O)C1=O. The van der Waals surface area contributed by atoms with Crippen LogP contribution in [0.2, 0.25) is 0 Å². The van der Waals surface area contributed by atoms with Crippen LogP contribution in [0.25, 0.3) is 0 Å². The second kappa shape index (κ2) is 10.4. The monoisotopic (exact) mass is 399 g/mol. The maximum atomic E-state index is 13.3. The summed E-state index contributed by atoms with van der Waals surface area (Å²) in [6.07, 6.45) is 8.46. The first-order chi connectivity index (χ1) is 14.1. The Labute approximate surface area is 173 Å². The van der Waals surface area contributed by atoms with Gasteiger partial charge in [-0.05, 0) is 24.8 Å². The molecule has 3 rings (SSSR count). The summed E-state index contributed by atoms with van der Waals surface area (Å²) in [5.74, 6) is -1.24. The lowest BCUT2D eigenvalue weighted by atomic mass is 10.0. The van der Waals surface area contributed by atoms with E-state index in [1.54, 1.807) is 4.90 Å². The maximum absolute atomic E-state index is 13.3. The summed E-state index contributed by atoms with van der Waals surface area (Å²) in [6, 6.07) is 8.73. The summed E-state index contributed by atoms with van der Waals surface area (Å²) in [4.78, 5) is 41.9. The Morgan fingerprint density at radius 3 is 2.38 bits per heavy atom. The highest BCUT2D eigenvalue weighted by molar-refractivity contribution is 6.35. The van der Waals surface area contributed by atoms with Crippen molar-refractivity contribution in [2.75, 3.05) is 19.6 Å². The molecule has 1 aliphatic heterocycles. The Balaban J connectivity index is 1.78. The summed E-state index contributed by atoms with van der Waals surface area (Å²) < 4.78 is 0. The minimum Gasteiger partial charge on any atom is -0.351 e. The van der Waals surface area contributed by atoms with Crippen LogP contribution in [0.3, 0.4) is 0 Å². The van der Waals surface area contributed by atoms with Crippen LogP contribution in [-0.2, 0) is 14.4 Å². The van der Waals surface area contributed by atoms with E-state index in [0.717, 1.165) is 44.1 Å². The third-order valence-corrected chi connectivity index (χ3v) is 6.00. The van der Waals surface area contributed by atoms with E-state index in [0.29, 0.717) is 19.6 Å². The van der Waals surface area contributed by atoms with Crippen LogP contribution in [0.1, 0.15) is 69.9 Å². The van der Waals surface area contributed by atoms with E-state index >= 15 is 0 Å². The van der Waals surface area contributed by atoms with Crippen LogP contribution in [-0.4, -0.2) is 53.2 Å². The predicted molar refractivity (Wildman–Crippen MR) is 112 cm³/mol. The molecule has 1 saturated heterocycles. The van der Waals surface area contributed by atoms with Crippen molar-refractivity contribution < 1.29 is 14.4 Å². The lowest BCUT2D eigenvalue weighted by molar-refractivity contribution is -0.159. The average molecular weight is 400 g/mol. The van der Waals surface area contributed by atoms with Gasteiger partial charge in [-0.3, -0.25) is 14.4 Å². The molecular weight excluding hydrogens is 366 g/mol. The molecule has 6 heteroatoms. The first kappa shape index (κ1) is 21.3. The van der Waals surface area contributed by atoms with E-state index in [2.05, 4.69) is 12.2 Å². The van der Waals surface area contributed by atoms with Crippen molar-refractivity contribution in [1.82, 2.24) is 15.1 Å². The van der Waals surface area contributed by atoms with E-state index in [4.69, 9.17) is 0 Å². The zero-order valence-electron chi connectivity index (χ0n) is 17.4. The van der Waals surface area contributed by atoms with Crippen molar-refractivity contribution in [3.63, 3.8) is 0 Å². The first-order valence-corrected chi connectivity index (χ1v) is 11.1. The number of amides is 3. The van der Waals surface area contributed by atoms with Crippen molar-refractivity contribution in [2.45, 2.75) is 70.4 Å². The highest BCUT2D eigenvalue weighted by Gasteiger charge is 2.40. The van der Waals surface area contributed by atoms with Gasteiger partial charge in [0.2, 0.25) is 5.91 Å². The second-order valence-corrected chi connectivity index (χ2v) is 8.15. The third-order valence-electron chi connectivity index (χ3n) is 6.00. The molecule has 1 heterocycles. The van der Waals surface area contributed by atoms with Gasteiger partial charge in [0, 0.05) is 25.7 Å². The molecule has 0 bridgehead atoms. The highest BCUT2D eigenvalue weighted by Crippen LogP contribution is 2.25. The van der Waals surface area contributed by atoms with Crippen molar-refractivity contribution in [3.8, 4) is 0 Å². The van der Waals surface area contributed by atoms with Gasteiger partial charge in [-0.15, -0.1) is 0 Å². The molecule has 1 saturated carbocycles. The maximum Gasteiger partial charge on any atom is 0.313 e. The van der Waals surface area contributed by atoms with Crippen LogP contribution in [0.15, 0.2) is 30.3 Å². The fourth-order valence-corrected chi connectivity index (χ4v) is 4.31. The molecule has 1 aromatic rings. The van der Waals surface area contributed by atoms with Crippen molar-refractivity contribution in [3.05, 3.63) is 35.9 Å². The molecule has 29 heavy (non-hydrogen) atoms. The molecule has 6 nitrogen and oxygen atoms in total. The lowest BCUT2D eigenvalue weighted by Crippen LogP contribution is -2.57. The molecule has 0 radical (unpaired) electrons. The number of carbonyl (C=O) groups is 3. The molecule has 1 atom stereocenters. The van der Waals surface area contributed by atoms with Gasteiger partial charge in [0.1, 0.15) is 6.04 Å². The van der Waals surface area contributed by atoms with E-state index in [9.17, 15) is 14.4 Å². The van der Waals surface area contributed by atoms with Crippen LogP contribution in [0.5, 0.6) is 0 Å². The molecule has 1 aromatic carbocycles. The van der Waals surface area contributed by atoms with Crippen molar-refractivity contribution in [1.29, 1.82) is 0 Å². The molecule has 1 aliphatic carbocycles. The number of hydrogen-bond donors (Lipinski definition) is 1. The van der Waals surface area contributed by atoms with Gasteiger partial charge >= 0.3 is 11.8 Å². The van der Waals surface area contributed by atoms with Gasteiger partial charge < -0.3 is 15.1 Å². The third kappa shape index (κ3) is 5.37. The zero-order valence-corrected chi connectivity index (χ0v) is 17.4. The Morgan fingerprint density at radius 1 is 1.03 bits per heavy atom. The molecular formula is C23H33N3O3. The normalized spacial score (nSPS) is 19.8. The number of benzene rings is 1. The summed E-state index contributed by atoms with van der Waals surface area (Å²) in [5.41, 5.74) is 0.752. The van der Waals surface area contributed by atoms with Gasteiger partial charge in [0.25, 0.3) is 0 Å². The molecule has 1 N–H and O–H groups in total. The number of carbonyl (C=O) groups excluding carboxylic acids is 3. The Kier molecular flexibility index (Phi) is 7.67. The molecule has 0 spiro atoms. The van der Waals surface area contributed by atoms with E-state index < -0.39 is 17.9 Å². The molecule has 2 fully saturated rings. The first-order valence-electron chi connectivity index (χ1n) is 11.1. The van der Waals surface area contributed by atoms with E-state index in [1.165, 1.54) is 17.7 Å². The zero-order chi connectivity index (χ0) is 20.6. The van der Waals surface area contributed by atoms with Crippen molar-refractivity contribution >= 4 is 17.7 Å². The number of piperazine rings is 1. The number of rotatable bonds is 7. The van der Waals surface area contributed by atoms with E-state index in [-0.39, 0.29) is 11.9 Å². The standard InChI is InChI=1S/C23H33N3O3/c1-2-3-15-25-16-17-26(23(29)22(25)28)20(18-11-7-6-8-12-18)21(27)24-19-13-9-4-5-10-14-19/h6-8,11-12,19-20H,2-5,9-10,13-17H2,1H3,(H,24,27)/t20-/m1/s1. The summed E-state index contributed by atoms with van der Waals surface area (Å²) in [7, 11) is 0. The largest absolute Gasteiger partial charge is 0.351 e. The molecule has 158 valence electrons. The van der Waals surface area contributed by atoms with Crippen molar-refractivity contribution in [2.24, 2.45) is 0 Å². The number of nitrogens with zero attached hydrogens (tertiary/aromatic N) is 2. The predicted octanol–water partition coefficient (Wildman–Crippen LogP) is 3.04. The fourth-order valence-electron chi connectivity index (χ4n) is 4.31. The quantitative estimate of drug-likeness (QED) is 0.566. The van der Waals surface area contributed by atoms with Gasteiger partial charge in [0.15, 0.2) is 0 Å². The lowest BCUT2D eigenvalue weighted by Gasteiger charge is -2.38. The second-order valence-electron chi connectivity index (χ2n) is 8.15. The van der Waals surface area contributed by atoms with Gasteiger partial charge in [-0.2, -0.15) is 0 Å². The summed E-state index contributed by atoms with van der Waals surface area (Å²) >= 11 is 0. The summed E-state index contributed by atoms with van der Waals surface area (Å²) in [5, 5.41) is 3.18. The Bertz CT molecular complexity index is 699. The average Bonchev–Trinajstić information content (AvgIpc) is 3.00. The van der Waals surface area contributed by atoms with Crippen LogP contribution >= 0.6 is 0 Å².